The molecular formula is C5H9N5O2S. The van der Waals surface area contributed by atoms with Crippen LogP contribution in [-0.4, -0.2) is 31.0 Å². The van der Waals surface area contributed by atoms with Gasteiger partial charge in [0.25, 0.3) is 10.0 Å². The summed E-state index contributed by atoms with van der Waals surface area (Å²) in [5, 5.41) is 12.6. The van der Waals surface area contributed by atoms with E-state index >= 15 is 0 Å². The Hall–Kier alpha value is -1.41. The van der Waals surface area contributed by atoms with Gasteiger partial charge in [-0.25, -0.2) is 13.1 Å². The SMILES string of the molecule is N=C(N)CNS(=O)(=O)c1ccn[nH]1. The van der Waals surface area contributed by atoms with Gasteiger partial charge < -0.3 is 5.73 Å². The van der Waals surface area contributed by atoms with Gasteiger partial charge in [0.15, 0.2) is 5.03 Å². The van der Waals surface area contributed by atoms with Crippen LogP contribution in [0.25, 0.3) is 0 Å². The first-order valence-electron chi connectivity index (χ1n) is 3.34. The number of sulfonamides is 1. The highest BCUT2D eigenvalue weighted by Gasteiger charge is 2.14. The lowest BCUT2D eigenvalue weighted by atomic mass is 10.6. The summed E-state index contributed by atoms with van der Waals surface area (Å²) in [7, 11) is -3.60. The number of rotatable bonds is 4. The van der Waals surface area contributed by atoms with Crippen LogP contribution in [0.5, 0.6) is 0 Å². The van der Waals surface area contributed by atoms with Gasteiger partial charge >= 0.3 is 0 Å². The van der Waals surface area contributed by atoms with Crippen molar-refractivity contribution >= 4 is 15.9 Å². The predicted octanol–water partition coefficient (Wildman–Crippen LogP) is -1.38. The second-order valence-corrected chi connectivity index (χ2v) is 4.01. The van der Waals surface area contributed by atoms with Gasteiger partial charge in [-0.05, 0) is 6.07 Å². The summed E-state index contributed by atoms with van der Waals surface area (Å²) in [6, 6.07) is 1.31. The third-order valence-corrected chi connectivity index (χ3v) is 2.55. The van der Waals surface area contributed by atoms with Crippen molar-refractivity contribution < 1.29 is 8.42 Å². The molecule has 0 saturated carbocycles. The molecule has 0 fully saturated rings. The zero-order valence-electron chi connectivity index (χ0n) is 6.61. The molecule has 0 aliphatic rings. The molecule has 0 unspecified atom stereocenters. The molecule has 0 aliphatic carbocycles. The van der Waals surface area contributed by atoms with E-state index in [1.54, 1.807) is 0 Å². The zero-order chi connectivity index (χ0) is 9.90. The summed E-state index contributed by atoms with van der Waals surface area (Å²) in [5.41, 5.74) is 4.98. The van der Waals surface area contributed by atoms with Crippen molar-refractivity contribution in [1.82, 2.24) is 14.9 Å². The number of hydrogen-bond donors (Lipinski definition) is 4. The first kappa shape index (κ1) is 9.68. The van der Waals surface area contributed by atoms with Crippen LogP contribution in [-0.2, 0) is 10.0 Å². The highest BCUT2D eigenvalue weighted by molar-refractivity contribution is 7.89. The molecule has 0 aromatic carbocycles. The maximum absolute atomic E-state index is 11.3. The summed E-state index contributed by atoms with van der Waals surface area (Å²) in [6.07, 6.45) is 1.32. The molecule has 1 aromatic rings. The Bertz CT molecular complexity index is 381. The van der Waals surface area contributed by atoms with Crippen LogP contribution in [0.3, 0.4) is 0 Å². The number of aromatic amines is 1. The zero-order valence-corrected chi connectivity index (χ0v) is 7.43. The normalized spacial score (nSPS) is 11.4. The number of amidine groups is 1. The van der Waals surface area contributed by atoms with Crippen LogP contribution < -0.4 is 10.5 Å². The summed E-state index contributed by atoms with van der Waals surface area (Å²) in [5.74, 6) is -0.247. The average molecular weight is 203 g/mol. The van der Waals surface area contributed by atoms with Crippen LogP contribution in [0.4, 0.5) is 0 Å². The number of aromatic nitrogens is 2. The molecule has 0 saturated heterocycles. The van der Waals surface area contributed by atoms with Gasteiger partial charge in [-0.2, -0.15) is 5.10 Å². The molecule has 7 nitrogen and oxygen atoms in total. The lowest BCUT2D eigenvalue weighted by Crippen LogP contribution is -2.33. The molecule has 0 radical (unpaired) electrons. The Morgan fingerprint density at radius 1 is 1.77 bits per heavy atom. The highest BCUT2D eigenvalue weighted by atomic mass is 32.2. The molecule has 72 valence electrons. The van der Waals surface area contributed by atoms with Gasteiger partial charge in [0, 0.05) is 0 Å². The fourth-order valence-electron chi connectivity index (χ4n) is 0.643. The summed E-state index contributed by atoms with van der Waals surface area (Å²) in [6.45, 7) is -0.207. The molecule has 8 heteroatoms. The van der Waals surface area contributed by atoms with Crippen molar-refractivity contribution in [1.29, 1.82) is 5.41 Å². The van der Waals surface area contributed by atoms with Gasteiger partial charge in [-0.15, -0.1) is 0 Å². The third kappa shape index (κ3) is 2.53. The molecule has 0 atom stereocenters. The molecule has 0 bridgehead atoms. The summed E-state index contributed by atoms with van der Waals surface area (Å²) >= 11 is 0. The number of nitrogens with two attached hydrogens (primary N) is 1. The number of H-pyrrole nitrogens is 1. The lowest BCUT2D eigenvalue weighted by molar-refractivity contribution is 0.582. The van der Waals surface area contributed by atoms with Crippen molar-refractivity contribution in [2.75, 3.05) is 6.54 Å². The smallest absolute Gasteiger partial charge is 0.257 e. The molecule has 1 heterocycles. The lowest BCUT2D eigenvalue weighted by Gasteiger charge is -2.01. The first-order valence-corrected chi connectivity index (χ1v) is 4.82. The third-order valence-electron chi connectivity index (χ3n) is 1.22. The number of hydrogen-bond acceptors (Lipinski definition) is 4. The van der Waals surface area contributed by atoms with E-state index in [9.17, 15) is 8.42 Å². The fourth-order valence-corrected chi connectivity index (χ4v) is 1.56. The van der Waals surface area contributed by atoms with Gasteiger partial charge in [0.1, 0.15) is 5.84 Å². The second kappa shape index (κ2) is 3.54. The van der Waals surface area contributed by atoms with Crippen LogP contribution in [0.15, 0.2) is 17.3 Å². The number of nitrogens with one attached hydrogen (secondary N) is 3. The van der Waals surface area contributed by atoms with E-state index in [4.69, 9.17) is 11.1 Å². The maximum Gasteiger partial charge on any atom is 0.257 e. The van der Waals surface area contributed by atoms with E-state index in [0.717, 1.165) is 0 Å². The van der Waals surface area contributed by atoms with E-state index in [1.165, 1.54) is 12.3 Å². The standard InChI is InChI=1S/C5H9N5O2S/c6-4(7)3-9-13(11,12)5-1-2-8-10-5/h1-2,9H,3H2,(H3,6,7)(H,8,10). The number of nitrogens with zero attached hydrogens (tertiary/aromatic N) is 1. The van der Waals surface area contributed by atoms with E-state index in [2.05, 4.69) is 14.9 Å². The van der Waals surface area contributed by atoms with E-state index < -0.39 is 10.0 Å². The van der Waals surface area contributed by atoms with Crippen LogP contribution >= 0.6 is 0 Å². The Balaban J connectivity index is 2.74. The minimum absolute atomic E-state index is 0.0475. The molecule has 13 heavy (non-hydrogen) atoms. The minimum atomic E-state index is -3.60. The van der Waals surface area contributed by atoms with Crippen molar-refractivity contribution in [2.45, 2.75) is 5.03 Å². The molecule has 0 aliphatic heterocycles. The Morgan fingerprint density at radius 3 is 2.92 bits per heavy atom. The largest absolute Gasteiger partial charge is 0.387 e. The van der Waals surface area contributed by atoms with Crippen LogP contribution in [0, 0.1) is 5.41 Å². The molecule has 0 spiro atoms. The van der Waals surface area contributed by atoms with Crippen LogP contribution in [0.1, 0.15) is 0 Å². The first-order chi connectivity index (χ1) is 6.02. The van der Waals surface area contributed by atoms with E-state index in [0.29, 0.717) is 0 Å². The summed E-state index contributed by atoms with van der Waals surface area (Å²) in [4.78, 5) is 0. The molecule has 5 N–H and O–H groups in total. The van der Waals surface area contributed by atoms with Gasteiger partial charge in [-0.1, -0.05) is 0 Å². The quantitative estimate of drug-likeness (QED) is 0.355. The highest BCUT2D eigenvalue weighted by Crippen LogP contribution is 2.00. The Kier molecular flexibility index (Phi) is 2.63. The van der Waals surface area contributed by atoms with E-state index in [1.807, 2.05) is 0 Å². The predicted molar refractivity (Wildman–Crippen MR) is 45.7 cm³/mol. The Morgan fingerprint density at radius 2 is 2.46 bits per heavy atom. The molecule has 1 aromatic heterocycles. The molecule has 1 rings (SSSR count). The second-order valence-electron chi connectivity index (χ2n) is 2.27. The fraction of sp³-hybridized carbons (Fsp3) is 0.200. The summed E-state index contributed by atoms with van der Waals surface area (Å²) < 4.78 is 24.6. The maximum atomic E-state index is 11.3. The van der Waals surface area contributed by atoms with Gasteiger partial charge in [-0.3, -0.25) is 10.5 Å². The topological polar surface area (TPSA) is 125 Å². The van der Waals surface area contributed by atoms with Crippen molar-refractivity contribution in [2.24, 2.45) is 5.73 Å². The van der Waals surface area contributed by atoms with Crippen LogP contribution in [0.2, 0.25) is 0 Å². The van der Waals surface area contributed by atoms with Gasteiger partial charge in [0.2, 0.25) is 0 Å². The van der Waals surface area contributed by atoms with Crippen molar-refractivity contribution in [3.63, 3.8) is 0 Å². The molecule has 0 amide bonds. The minimum Gasteiger partial charge on any atom is -0.387 e. The Labute approximate surface area is 74.9 Å². The molecular weight excluding hydrogens is 194 g/mol. The van der Waals surface area contributed by atoms with E-state index in [-0.39, 0.29) is 17.4 Å². The van der Waals surface area contributed by atoms with Crippen molar-refractivity contribution in [3.8, 4) is 0 Å². The van der Waals surface area contributed by atoms with Crippen molar-refractivity contribution in [3.05, 3.63) is 12.3 Å². The van der Waals surface area contributed by atoms with Gasteiger partial charge in [0.05, 0.1) is 12.7 Å². The average Bonchev–Trinajstić information content (AvgIpc) is 2.53. The monoisotopic (exact) mass is 203 g/mol.